The van der Waals surface area contributed by atoms with Gasteiger partial charge in [0.2, 0.25) is 0 Å². The summed E-state index contributed by atoms with van der Waals surface area (Å²) in [6, 6.07) is 30.3. The van der Waals surface area contributed by atoms with Crippen molar-refractivity contribution in [1.29, 1.82) is 0 Å². The van der Waals surface area contributed by atoms with E-state index >= 15 is 0 Å². The topological polar surface area (TPSA) is 18.5 Å². The molecule has 3 heteroatoms. The first kappa shape index (κ1) is 24.5. The van der Waals surface area contributed by atoms with Gasteiger partial charge < -0.3 is 9.47 Å². The first-order chi connectivity index (χ1) is 18.3. The standard InChI is InChI=1S/C34H34IO2/c1-3-11-25(12-4-1)23-36-33-21-19-31(27-15-7-9-17-29(27)33)35-32-20-22-34(30-18-10-8-16-28(30)32)37-24-26-13-5-2-6-14-26/h1-6,11-14,19-22H,7-10,15-18,23-24H2/q+1. The molecule has 4 aromatic rings. The van der Waals surface area contributed by atoms with Gasteiger partial charge in [0.15, 0.2) is 7.14 Å². The summed E-state index contributed by atoms with van der Waals surface area (Å²) in [5, 5.41) is 0. The summed E-state index contributed by atoms with van der Waals surface area (Å²) in [5.74, 6) is 2.19. The summed E-state index contributed by atoms with van der Waals surface area (Å²) in [4.78, 5) is 0. The van der Waals surface area contributed by atoms with Crippen LogP contribution in [0.1, 0.15) is 59.1 Å². The Morgan fingerprint density at radius 1 is 0.459 bits per heavy atom. The molecule has 0 amide bonds. The molecule has 2 aliphatic rings. The van der Waals surface area contributed by atoms with Crippen LogP contribution in [0.3, 0.4) is 0 Å². The molecule has 2 nitrogen and oxygen atoms in total. The van der Waals surface area contributed by atoms with E-state index in [1.54, 1.807) is 18.3 Å². The highest BCUT2D eigenvalue weighted by Crippen LogP contribution is 2.32. The largest absolute Gasteiger partial charge is 0.489 e. The highest BCUT2D eigenvalue weighted by molar-refractivity contribution is 5.43. The van der Waals surface area contributed by atoms with Crippen LogP contribution < -0.4 is 30.7 Å². The number of hydrogen-bond donors (Lipinski definition) is 0. The molecule has 0 fully saturated rings. The van der Waals surface area contributed by atoms with Gasteiger partial charge in [-0.1, -0.05) is 60.7 Å². The summed E-state index contributed by atoms with van der Waals surface area (Å²) in [6.07, 6.45) is 9.76. The Balaban J connectivity index is 1.25. The van der Waals surface area contributed by atoms with Crippen molar-refractivity contribution < 1.29 is 30.7 Å². The number of fused-ring (bicyclic) bond motifs is 2. The molecule has 0 heterocycles. The molecule has 0 saturated carbocycles. The van der Waals surface area contributed by atoms with Gasteiger partial charge in [-0.15, -0.1) is 0 Å². The summed E-state index contributed by atoms with van der Waals surface area (Å²) in [7, 11) is 0. The second kappa shape index (κ2) is 11.7. The van der Waals surface area contributed by atoms with Crippen LogP contribution in [0.2, 0.25) is 0 Å². The lowest BCUT2D eigenvalue weighted by Crippen LogP contribution is -3.62. The van der Waals surface area contributed by atoms with Gasteiger partial charge in [0, 0.05) is 22.3 Å². The lowest BCUT2D eigenvalue weighted by atomic mass is 9.91. The lowest BCUT2D eigenvalue weighted by molar-refractivity contribution is -0.599. The van der Waals surface area contributed by atoms with Gasteiger partial charge in [-0.25, -0.2) is 0 Å². The molecular formula is C34H34IO2+. The predicted octanol–water partition coefficient (Wildman–Crippen LogP) is 4.73. The number of ether oxygens (including phenoxy) is 2. The third-order valence-electron chi connectivity index (χ3n) is 7.55. The van der Waals surface area contributed by atoms with Crippen LogP contribution in [0.5, 0.6) is 11.5 Å². The van der Waals surface area contributed by atoms with Crippen molar-refractivity contribution in [3.63, 3.8) is 0 Å². The van der Waals surface area contributed by atoms with E-state index in [9.17, 15) is 0 Å². The Kier molecular flexibility index (Phi) is 7.78. The van der Waals surface area contributed by atoms with Crippen molar-refractivity contribution in [1.82, 2.24) is 0 Å². The minimum Gasteiger partial charge on any atom is -0.489 e. The van der Waals surface area contributed by atoms with Crippen LogP contribution in [0, 0.1) is 7.14 Å². The van der Waals surface area contributed by atoms with E-state index < -0.39 is 0 Å². The first-order valence-electron chi connectivity index (χ1n) is 13.6. The van der Waals surface area contributed by atoms with Gasteiger partial charge in [0.25, 0.3) is 0 Å². The minimum atomic E-state index is -0.251. The molecule has 0 unspecified atom stereocenters. The second-order valence-electron chi connectivity index (χ2n) is 10.1. The van der Waals surface area contributed by atoms with Crippen LogP contribution in [0.15, 0.2) is 84.9 Å². The van der Waals surface area contributed by atoms with Gasteiger partial charge in [0.1, 0.15) is 24.7 Å². The third-order valence-corrected chi connectivity index (χ3v) is 10.7. The SMILES string of the molecule is c1ccc(COc2ccc([I+]c3ccc(OCc4ccccc4)c4c3CCCC4)c3c2CCCC3)cc1. The van der Waals surface area contributed by atoms with E-state index in [1.165, 1.54) is 60.8 Å². The molecule has 4 aromatic carbocycles. The smallest absolute Gasteiger partial charge is 0.358 e. The Morgan fingerprint density at radius 2 is 0.865 bits per heavy atom. The fourth-order valence-electron chi connectivity index (χ4n) is 5.61. The number of halogens is 1. The zero-order valence-corrected chi connectivity index (χ0v) is 23.5. The van der Waals surface area contributed by atoms with Crippen molar-refractivity contribution in [3.8, 4) is 11.5 Å². The van der Waals surface area contributed by atoms with Crippen molar-refractivity contribution in [2.45, 2.75) is 64.6 Å². The minimum absolute atomic E-state index is 0.251. The highest BCUT2D eigenvalue weighted by Gasteiger charge is 2.31. The Bertz CT molecular complexity index is 1240. The molecule has 0 N–H and O–H groups in total. The van der Waals surface area contributed by atoms with E-state index in [-0.39, 0.29) is 21.2 Å². The zero-order chi connectivity index (χ0) is 24.9. The molecule has 37 heavy (non-hydrogen) atoms. The van der Waals surface area contributed by atoms with Crippen LogP contribution in [0.4, 0.5) is 0 Å². The van der Waals surface area contributed by atoms with Gasteiger partial charge >= 0.3 is 21.2 Å². The normalized spacial score (nSPS) is 14.5. The molecule has 2 aliphatic carbocycles. The van der Waals surface area contributed by atoms with Crippen LogP contribution in [0.25, 0.3) is 0 Å². The second-order valence-corrected chi connectivity index (χ2v) is 12.9. The molecule has 0 atom stereocenters. The molecule has 0 aliphatic heterocycles. The Hall–Kier alpha value is -2.79. The van der Waals surface area contributed by atoms with Crippen molar-refractivity contribution in [2.24, 2.45) is 0 Å². The zero-order valence-electron chi connectivity index (χ0n) is 21.3. The lowest BCUT2D eigenvalue weighted by Gasteiger charge is -2.21. The van der Waals surface area contributed by atoms with Crippen molar-refractivity contribution in [3.05, 3.63) is 125 Å². The maximum Gasteiger partial charge on any atom is 0.358 e. The van der Waals surface area contributed by atoms with E-state index in [1.807, 2.05) is 0 Å². The first-order valence-corrected chi connectivity index (χ1v) is 15.8. The monoisotopic (exact) mass is 601 g/mol. The Labute approximate surface area is 231 Å². The molecule has 0 radical (unpaired) electrons. The molecule has 6 rings (SSSR count). The molecular weight excluding hydrogens is 567 g/mol. The summed E-state index contributed by atoms with van der Waals surface area (Å²) >= 11 is -0.251. The predicted molar refractivity (Wildman–Crippen MR) is 145 cm³/mol. The third kappa shape index (κ3) is 5.72. The van der Waals surface area contributed by atoms with Gasteiger partial charge in [0.05, 0.1) is 0 Å². The number of benzene rings is 4. The van der Waals surface area contributed by atoms with E-state index in [0.717, 1.165) is 24.3 Å². The van der Waals surface area contributed by atoms with Crippen molar-refractivity contribution in [2.75, 3.05) is 0 Å². The van der Waals surface area contributed by atoms with Crippen LogP contribution in [-0.4, -0.2) is 0 Å². The fraction of sp³-hybridized carbons (Fsp3) is 0.294. The van der Waals surface area contributed by atoms with Gasteiger partial charge in [-0.2, -0.15) is 0 Å². The molecule has 0 bridgehead atoms. The van der Waals surface area contributed by atoms with Gasteiger partial charge in [-0.05, 0) is 86.8 Å². The average molecular weight is 602 g/mol. The maximum atomic E-state index is 6.36. The molecule has 0 aromatic heterocycles. The van der Waals surface area contributed by atoms with E-state index in [0.29, 0.717) is 13.2 Å². The molecule has 188 valence electrons. The number of rotatable bonds is 8. The molecule has 0 spiro atoms. The summed E-state index contributed by atoms with van der Waals surface area (Å²) in [6.45, 7) is 1.28. The van der Waals surface area contributed by atoms with Crippen molar-refractivity contribution >= 4 is 0 Å². The summed E-state index contributed by atoms with van der Waals surface area (Å²) < 4.78 is 15.9. The average Bonchev–Trinajstić information content (AvgIpc) is 2.97. The highest BCUT2D eigenvalue weighted by atomic mass is 127. The fourth-order valence-corrected chi connectivity index (χ4v) is 8.80. The van der Waals surface area contributed by atoms with E-state index in [4.69, 9.17) is 9.47 Å². The van der Waals surface area contributed by atoms with Crippen LogP contribution in [-0.2, 0) is 38.9 Å². The number of hydrogen-bond acceptors (Lipinski definition) is 2. The summed E-state index contributed by atoms with van der Waals surface area (Å²) in [5.41, 5.74) is 8.55. The Morgan fingerprint density at radius 3 is 1.30 bits per heavy atom. The maximum absolute atomic E-state index is 6.36. The van der Waals surface area contributed by atoms with E-state index in [2.05, 4.69) is 84.9 Å². The molecule has 0 saturated heterocycles. The van der Waals surface area contributed by atoms with Gasteiger partial charge in [-0.3, -0.25) is 0 Å². The quantitative estimate of drug-likeness (QED) is 0.272. The van der Waals surface area contributed by atoms with Crippen LogP contribution >= 0.6 is 0 Å².